The molecule has 0 aliphatic heterocycles. The maximum absolute atomic E-state index is 12.6. The molecule has 0 fully saturated rings. The van der Waals surface area contributed by atoms with E-state index >= 15 is 0 Å². The lowest BCUT2D eigenvalue weighted by molar-refractivity contribution is -0.138. The molecule has 0 saturated heterocycles. The van der Waals surface area contributed by atoms with E-state index in [1.54, 1.807) is 45.2 Å². The summed E-state index contributed by atoms with van der Waals surface area (Å²) < 4.78 is 76.5. The predicted octanol–water partition coefficient (Wildman–Crippen LogP) is 6.60. The number of hydrogen-bond acceptors (Lipinski definition) is 0. The number of alkyl halides is 6. The average molecular weight is 542 g/mol. The molecule has 0 N–H and O–H groups in total. The van der Waals surface area contributed by atoms with E-state index in [9.17, 15) is 26.3 Å². The Kier molecular flexibility index (Phi) is 5.00. The molecule has 0 heterocycles. The molecule has 0 saturated carbocycles. The Morgan fingerprint density at radius 1 is 0.591 bits per heavy atom. The quantitative estimate of drug-likeness (QED) is 0.282. The zero-order valence-corrected chi connectivity index (χ0v) is 14.8. The van der Waals surface area contributed by atoms with Gasteiger partial charge in [0.2, 0.25) is 0 Å². The highest BCUT2D eigenvalue weighted by Gasteiger charge is 2.32. The summed E-state index contributed by atoms with van der Waals surface area (Å²) in [6, 6.07) is 6.34. The summed E-state index contributed by atoms with van der Waals surface area (Å²) in [5, 5.41) is 0. The van der Waals surface area contributed by atoms with Crippen LogP contribution in [-0.2, 0) is 12.4 Å². The molecule has 8 heteroatoms. The highest BCUT2D eigenvalue weighted by Crippen LogP contribution is 2.37. The van der Waals surface area contributed by atoms with E-state index in [0.717, 1.165) is 24.3 Å². The van der Waals surface area contributed by atoms with Crippen LogP contribution in [-0.4, -0.2) is 0 Å². The van der Waals surface area contributed by atoms with Crippen molar-refractivity contribution in [2.45, 2.75) is 12.4 Å². The van der Waals surface area contributed by atoms with E-state index in [2.05, 4.69) is 0 Å². The van der Waals surface area contributed by atoms with Crippen molar-refractivity contribution in [3.63, 3.8) is 0 Å². The molecule has 0 spiro atoms. The van der Waals surface area contributed by atoms with Gasteiger partial charge in [-0.3, -0.25) is 0 Å². The molecule has 0 aromatic heterocycles. The summed E-state index contributed by atoms with van der Waals surface area (Å²) >= 11 is 3.49. The molecule has 0 nitrogen and oxygen atoms in total. The largest absolute Gasteiger partial charge is 0.416 e. The molecule has 0 bridgehead atoms. The van der Waals surface area contributed by atoms with Gasteiger partial charge >= 0.3 is 12.4 Å². The van der Waals surface area contributed by atoms with E-state index in [-0.39, 0.29) is 0 Å². The first-order chi connectivity index (χ1) is 10.00. The maximum Gasteiger partial charge on any atom is 0.416 e. The van der Waals surface area contributed by atoms with Gasteiger partial charge in [-0.05, 0) is 80.6 Å². The Bertz CT molecular complexity index is 642. The zero-order chi connectivity index (χ0) is 16.7. The van der Waals surface area contributed by atoms with Gasteiger partial charge in [0.25, 0.3) is 0 Å². The molecule has 0 amide bonds. The minimum absolute atomic E-state index is 0.324. The molecule has 2 aromatic rings. The molecule has 0 unspecified atom stereocenters. The summed E-state index contributed by atoms with van der Waals surface area (Å²) in [7, 11) is 0. The van der Waals surface area contributed by atoms with Crippen LogP contribution in [0.3, 0.4) is 0 Å². The number of rotatable bonds is 1. The van der Waals surface area contributed by atoms with Crippen LogP contribution in [0.15, 0.2) is 36.4 Å². The SMILES string of the molecule is FC(F)(F)c1ccc(-c2ccc(C(F)(F)F)cc2I)c(I)c1. The second-order valence-electron chi connectivity index (χ2n) is 4.38. The Morgan fingerprint density at radius 2 is 0.909 bits per heavy atom. The van der Waals surface area contributed by atoms with Crippen LogP contribution in [0.25, 0.3) is 11.1 Å². The molecule has 0 radical (unpaired) electrons. The van der Waals surface area contributed by atoms with Crippen molar-refractivity contribution in [2.24, 2.45) is 0 Å². The van der Waals surface area contributed by atoms with Gasteiger partial charge in [0, 0.05) is 7.14 Å². The smallest absolute Gasteiger partial charge is 0.166 e. The molecule has 0 aliphatic rings. The van der Waals surface area contributed by atoms with Crippen LogP contribution in [0.4, 0.5) is 26.3 Å². The first-order valence-corrected chi connectivity index (χ1v) is 7.90. The van der Waals surface area contributed by atoms with Gasteiger partial charge in [0.1, 0.15) is 0 Å². The molecule has 2 rings (SSSR count). The molecule has 0 aliphatic carbocycles. The molecule has 118 valence electrons. The topological polar surface area (TPSA) is 0 Å². The fourth-order valence-electron chi connectivity index (χ4n) is 1.82. The van der Waals surface area contributed by atoms with Gasteiger partial charge in [-0.1, -0.05) is 12.1 Å². The second kappa shape index (κ2) is 6.17. The third-order valence-electron chi connectivity index (χ3n) is 2.88. The maximum atomic E-state index is 12.6. The molecule has 22 heavy (non-hydrogen) atoms. The summed E-state index contributed by atoms with van der Waals surface area (Å²) in [6.45, 7) is 0. The summed E-state index contributed by atoms with van der Waals surface area (Å²) in [5.41, 5.74) is -0.649. The fourth-order valence-corrected chi connectivity index (χ4v) is 3.43. The van der Waals surface area contributed by atoms with Gasteiger partial charge in [0.15, 0.2) is 0 Å². The monoisotopic (exact) mass is 542 g/mol. The Balaban J connectivity index is 2.49. The standard InChI is InChI=1S/C14H6F6I2/c15-13(16,17)7-1-3-9(11(21)5-7)10-4-2-8(6-12(10)22)14(18,19)20/h1-6H. The predicted molar refractivity (Wildman–Crippen MR) is 87.3 cm³/mol. The summed E-state index contributed by atoms with van der Waals surface area (Å²) in [5.74, 6) is 0. The molecule has 0 atom stereocenters. The van der Waals surface area contributed by atoms with Crippen LogP contribution in [0.1, 0.15) is 11.1 Å². The van der Waals surface area contributed by atoms with Gasteiger partial charge < -0.3 is 0 Å². The highest BCUT2D eigenvalue weighted by molar-refractivity contribution is 14.1. The van der Waals surface area contributed by atoms with Crippen LogP contribution in [0, 0.1) is 7.14 Å². The van der Waals surface area contributed by atoms with Crippen molar-refractivity contribution in [1.29, 1.82) is 0 Å². The fraction of sp³-hybridized carbons (Fsp3) is 0.143. The highest BCUT2D eigenvalue weighted by atomic mass is 127. The second-order valence-corrected chi connectivity index (χ2v) is 6.71. The lowest BCUT2D eigenvalue weighted by Gasteiger charge is -2.13. The molecule has 2 aromatic carbocycles. The number of hydrogen-bond donors (Lipinski definition) is 0. The number of benzene rings is 2. The van der Waals surface area contributed by atoms with E-state index in [0.29, 0.717) is 18.3 Å². The van der Waals surface area contributed by atoms with Crippen molar-refractivity contribution >= 4 is 45.2 Å². The molecular weight excluding hydrogens is 536 g/mol. The van der Waals surface area contributed by atoms with Gasteiger partial charge in [-0.2, -0.15) is 26.3 Å². The molecular formula is C14H6F6I2. The average Bonchev–Trinajstić information content (AvgIpc) is 2.37. The van der Waals surface area contributed by atoms with Crippen LogP contribution < -0.4 is 0 Å². The zero-order valence-electron chi connectivity index (χ0n) is 10.5. The van der Waals surface area contributed by atoms with Crippen molar-refractivity contribution in [2.75, 3.05) is 0 Å². The van der Waals surface area contributed by atoms with Gasteiger partial charge in [-0.15, -0.1) is 0 Å². The van der Waals surface area contributed by atoms with E-state index in [1.807, 2.05) is 0 Å². The lowest BCUT2D eigenvalue weighted by atomic mass is 10.0. The third-order valence-corrected chi connectivity index (χ3v) is 4.67. The van der Waals surface area contributed by atoms with E-state index in [1.165, 1.54) is 12.1 Å². The van der Waals surface area contributed by atoms with Gasteiger partial charge in [0.05, 0.1) is 11.1 Å². The van der Waals surface area contributed by atoms with E-state index in [4.69, 9.17) is 0 Å². The van der Waals surface area contributed by atoms with Crippen molar-refractivity contribution in [3.8, 4) is 11.1 Å². The summed E-state index contributed by atoms with van der Waals surface area (Å²) in [6.07, 6.45) is -8.91. The Labute approximate surface area is 149 Å². The normalized spacial score (nSPS) is 12.5. The minimum Gasteiger partial charge on any atom is -0.166 e. The third kappa shape index (κ3) is 3.87. The summed E-state index contributed by atoms with van der Waals surface area (Å²) in [4.78, 5) is 0. The Hall–Kier alpha value is -0.520. The number of halogens is 8. The Morgan fingerprint density at radius 3 is 1.14 bits per heavy atom. The van der Waals surface area contributed by atoms with Crippen molar-refractivity contribution in [1.82, 2.24) is 0 Å². The van der Waals surface area contributed by atoms with Crippen LogP contribution >= 0.6 is 45.2 Å². The van der Waals surface area contributed by atoms with Crippen molar-refractivity contribution in [3.05, 3.63) is 54.7 Å². The minimum atomic E-state index is -4.45. The van der Waals surface area contributed by atoms with Gasteiger partial charge in [-0.25, -0.2) is 0 Å². The first-order valence-electron chi connectivity index (χ1n) is 5.74. The first kappa shape index (κ1) is 17.8. The van der Waals surface area contributed by atoms with Crippen LogP contribution in [0.2, 0.25) is 0 Å². The lowest BCUT2D eigenvalue weighted by Crippen LogP contribution is -2.06. The van der Waals surface area contributed by atoms with Crippen LogP contribution in [0.5, 0.6) is 0 Å². The van der Waals surface area contributed by atoms with E-state index < -0.39 is 23.5 Å². The van der Waals surface area contributed by atoms with Crippen molar-refractivity contribution < 1.29 is 26.3 Å².